The van der Waals surface area contributed by atoms with E-state index in [-0.39, 0.29) is 0 Å². The second-order valence-electron chi connectivity index (χ2n) is 5.20. The Morgan fingerprint density at radius 2 is 1.95 bits per heavy atom. The van der Waals surface area contributed by atoms with E-state index in [4.69, 9.17) is 0 Å². The van der Waals surface area contributed by atoms with Gasteiger partial charge in [-0.25, -0.2) is 0 Å². The highest BCUT2D eigenvalue weighted by atomic mass is 16.3. The average molecular weight is 253 g/mol. The summed E-state index contributed by atoms with van der Waals surface area (Å²) < 4.78 is 0. The molecule has 1 heterocycles. The number of nitrogens with zero attached hydrogens (tertiary/aromatic N) is 1. The molecule has 1 aliphatic carbocycles. The van der Waals surface area contributed by atoms with Crippen molar-refractivity contribution in [3.8, 4) is 0 Å². The minimum Gasteiger partial charge on any atom is -0.384 e. The largest absolute Gasteiger partial charge is 0.384 e. The summed E-state index contributed by atoms with van der Waals surface area (Å²) in [6.45, 7) is 0. The first-order valence-electron chi connectivity index (χ1n) is 7.07. The Labute approximate surface area is 113 Å². The number of benzene rings is 1. The number of allylic oxidation sites excluding steroid dienone is 1. The summed E-state index contributed by atoms with van der Waals surface area (Å²) in [6.07, 6.45) is 9.34. The van der Waals surface area contributed by atoms with Gasteiger partial charge in [0.05, 0.1) is 5.52 Å². The second kappa shape index (κ2) is 5.54. The maximum absolute atomic E-state index is 10.7. The second-order valence-corrected chi connectivity index (χ2v) is 5.20. The van der Waals surface area contributed by atoms with Gasteiger partial charge in [-0.1, -0.05) is 30.7 Å². The van der Waals surface area contributed by atoms with Gasteiger partial charge in [0.25, 0.3) is 0 Å². The summed E-state index contributed by atoms with van der Waals surface area (Å²) in [5.41, 5.74) is 3.11. The van der Waals surface area contributed by atoms with Crippen molar-refractivity contribution in [2.45, 2.75) is 38.2 Å². The molecular formula is C17H19NO. The molecule has 2 nitrogen and oxygen atoms in total. The molecule has 98 valence electrons. The third-order valence-corrected chi connectivity index (χ3v) is 3.90. The van der Waals surface area contributed by atoms with Crippen LogP contribution in [0, 0.1) is 0 Å². The van der Waals surface area contributed by atoms with Gasteiger partial charge in [-0.05, 0) is 49.0 Å². The number of aliphatic hydroxyl groups is 1. The standard InChI is InChI=1S/C17H19NO/c19-17(13-7-3-1-2-4-8-13)15-11-12-18-16-10-6-5-9-14(15)16/h5-7,9-12,17,19H,1-4,8H2. The van der Waals surface area contributed by atoms with E-state index in [2.05, 4.69) is 11.1 Å². The molecule has 2 aromatic rings. The van der Waals surface area contributed by atoms with Crippen LogP contribution < -0.4 is 0 Å². The van der Waals surface area contributed by atoms with Crippen molar-refractivity contribution in [3.63, 3.8) is 0 Å². The van der Waals surface area contributed by atoms with Crippen molar-refractivity contribution in [1.82, 2.24) is 4.98 Å². The lowest BCUT2D eigenvalue weighted by atomic mass is 9.95. The molecule has 1 aromatic heterocycles. The molecule has 0 saturated carbocycles. The molecule has 0 spiro atoms. The number of hydrogen-bond acceptors (Lipinski definition) is 2. The molecule has 1 aliphatic rings. The van der Waals surface area contributed by atoms with E-state index in [1.165, 1.54) is 24.8 Å². The van der Waals surface area contributed by atoms with E-state index in [0.29, 0.717) is 0 Å². The Hall–Kier alpha value is -1.67. The van der Waals surface area contributed by atoms with Crippen molar-refractivity contribution in [3.05, 3.63) is 53.7 Å². The van der Waals surface area contributed by atoms with Crippen LogP contribution >= 0.6 is 0 Å². The molecule has 0 amide bonds. The summed E-state index contributed by atoms with van der Waals surface area (Å²) in [7, 11) is 0. The first-order chi connectivity index (χ1) is 9.36. The molecular weight excluding hydrogens is 234 g/mol. The number of pyridine rings is 1. The van der Waals surface area contributed by atoms with Crippen LogP contribution in [0.2, 0.25) is 0 Å². The number of fused-ring (bicyclic) bond motifs is 1. The lowest BCUT2D eigenvalue weighted by Gasteiger charge is -2.16. The number of hydrogen-bond donors (Lipinski definition) is 1. The highest BCUT2D eigenvalue weighted by molar-refractivity contribution is 5.82. The van der Waals surface area contributed by atoms with Gasteiger partial charge in [-0.15, -0.1) is 0 Å². The van der Waals surface area contributed by atoms with E-state index in [9.17, 15) is 5.11 Å². The van der Waals surface area contributed by atoms with Crippen LogP contribution in [0.25, 0.3) is 10.9 Å². The van der Waals surface area contributed by atoms with Gasteiger partial charge in [0.1, 0.15) is 6.10 Å². The van der Waals surface area contributed by atoms with Crippen molar-refractivity contribution in [1.29, 1.82) is 0 Å². The fraction of sp³-hybridized carbons (Fsp3) is 0.353. The lowest BCUT2D eigenvalue weighted by molar-refractivity contribution is 0.212. The minimum atomic E-state index is -0.481. The first kappa shape index (κ1) is 12.4. The molecule has 0 saturated heterocycles. The Kier molecular flexibility index (Phi) is 3.60. The van der Waals surface area contributed by atoms with Crippen molar-refractivity contribution >= 4 is 10.9 Å². The highest BCUT2D eigenvalue weighted by Gasteiger charge is 2.17. The number of aromatic nitrogens is 1. The highest BCUT2D eigenvalue weighted by Crippen LogP contribution is 2.32. The van der Waals surface area contributed by atoms with E-state index in [1.807, 2.05) is 30.3 Å². The predicted octanol–water partition coefficient (Wildman–Crippen LogP) is 4.16. The summed E-state index contributed by atoms with van der Waals surface area (Å²) in [5.74, 6) is 0. The molecule has 0 radical (unpaired) electrons. The maximum atomic E-state index is 10.7. The van der Waals surface area contributed by atoms with Gasteiger partial charge in [-0.2, -0.15) is 0 Å². The Morgan fingerprint density at radius 1 is 1.05 bits per heavy atom. The monoisotopic (exact) mass is 253 g/mol. The first-order valence-corrected chi connectivity index (χ1v) is 7.07. The third kappa shape index (κ3) is 2.54. The molecule has 1 atom stereocenters. The van der Waals surface area contributed by atoms with Crippen molar-refractivity contribution in [2.75, 3.05) is 0 Å². The SMILES string of the molecule is OC(C1=CCCCCC1)c1ccnc2ccccc12. The average Bonchev–Trinajstić information content (AvgIpc) is 2.75. The van der Waals surface area contributed by atoms with Gasteiger partial charge >= 0.3 is 0 Å². The maximum Gasteiger partial charge on any atom is 0.101 e. The quantitative estimate of drug-likeness (QED) is 0.815. The minimum absolute atomic E-state index is 0.481. The van der Waals surface area contributed by atoms with Gasteiger partial charge < -0.3 is 5.11 Å². The van der Waals surface area contributed by atoms with Crippen LogP contribution in [0.5, 0.6) is 0 Å². The van der Waals surface area contributed by atoms with Crippen molar-refractivity contribution in [2.24, 2.45) is 0 Å². The Morgan fingerprint density at radius 3 is 2.89 bits per heavy atom. The zero-order chi connectivity index (χ0) is 13.1. The van der Waals surface area contributed by atoms with E-state index >= 15 is 0 Å². The summed E-state index contributed by atoms with van der Waals surface area (Å²) in [4.78, 5) is 4.36. The zero-order valence-electron chi connectivity index (χ0n) is 11.0. The summed E-state index contributed by atoms with van der Waals surface area (Å²) in [6, 6.07) is 9.96. The van der Waals surface area contributed by atoms with Crippen LogP contribution in [-0.2, 0) is 0 Å². The van der Waals surface area contributed by atoms with Crippen LogP contribution in [-0.4, -0.2) is 10.1 Å². The van der Waals surface area contributed by atoms with Crippen LogP contribution in [0.3, 0.4) is 0 Å². The Bertz CT molecular complexity index is 598. The summed E-state index contributed by atoms with van der Waals surface area (Å²) in [5, 5.41) is 11.7. The topological polar surface area (TPSA) is 33.1 Å². The smallest absolute Gasteiger partial charge is 0.101 e. The molecule has 0 bridgehead atoms. The molecule has 0 aliphatic heterocycles. The predicted molar refractivity (Wildman–Crippen MR) is 77.9 cm³/mol. The van der Waals surface area contributed by atoms with Gasteiger partial charge in [-0.3, -0.25) is 4.98 Å². The fourth-order valence-corrected chi connectivity index (χ4v) is 2.84. The van der Waals surface area contributed by atoms with E-state index < -0.39 is 6.10 Å². The van der Waals surface area contributed by atoms with Crippen LogP contribution in [0.4, 0.5) is 0 Å². The lowest BCUT2D eigenvalue weighted by Crippen LogP contribution is -2.03. The normalized spacial score (nSPS) is 17.8. The van der Waals surface area contributed by atoms with Crippen molar-refractivity contribution < 1.29 is 5.11 Å². The molecule has 3 rings (SSSR count). The Balaban J connectivity index is 2.01. The number of para-hydroxylation sites is 1. The van der Waals surface area contributed by atoms with Gasteiger partial charge in [0.2, 0.25) is 0 Å². The van der Waals surface area contributed by atoms with Gasteiger partial charge in [0.15, 0.2) is 0 Å². The number of aliphatic hydroxyl groups excluding tert-OH is 1. The molecule has 2 heteroatoms. The molecule has 1 aromatic carbocycles. The molecule has 19 heavy (non-hydrogen) atoms. The number of rotatable bonds is 2. The zero-order valence-corrected chi connectivity index (χ0v) is 11.0. The van der Waals surface area contributed by atoms with E-state index in [1.54, 1.807) is 6.20 Å². The van der Waals surface area contributed by atoms with Crippen LogP contribution in [0.15, 0.2) is 48.2 Å². The molecule has 0 fully saturated rings. The van der Waals surface area contributed by atoms with E-state index in [0.717, 1.165) is 29.3 Å². The van der Waals surface area contributed by atoms with Crippen LogP contribution in [0.1, 0.15) is 43.8 Å². The molecule has 1 unspecified atom stereocenters. The summed E-state index contributed by atoms with van der Waals surface area (Å²) >= 11 is 0. The fourth-order valence-electron chi connectivity index (χ4n) is 2.84. The molecule has 1 N–H and O–H groups in total. The third-order valence-electron chi connectivity index (χ3n) is 3.90. The van der Waals surface area contributed by atoms with Gasteiger partial charge in [0, 0.05) is 11.6 Å².